The molecular formula is C21H15FNO2P. The Morgan fingerprint density at radius 3 is 1.73 bits per heavy atom. The maximum absolute atomic E-state index is 14.1. The first-order valence-corrected chi connectivity index (χ1v) is 9.59. The van der Waals surface area contributed by atoms with Crippen molar-refractivity contribution in [1.82, 2.24) is 0 Å². The van der Waals surface area contributed by atoms with E-state index in [0.717, 1.165) is 0 Å². The summed E-state index contributed by atoms with van der Waals surface area (Å²) in [5.74, 6) is -0.877. The van der Waals surface area contributed by atoms with Crippen molar-refractivity contribution in [2.75, 3.05) is 0 Å². The predicted molar refractivity (Wildman–Crippen MR) is 101 cm³/mol. The van der Waals surface area contributed by atoms with Crippen LogP contribution in [0.15, 0.2) is 90.2 Å². The van der Waals surface area contributed by atoms with Crippen molar-refractivity contribution in [3.63, 3.8) is 0 Å². The Morgan fingerprint density at radius 2 is 1.31 bits per heavy atom. The van der Waals surface area contributed by atoms with Gasteiger partial charge < -0.3 is 9.67 Å². The summed E-state index contributed by atoms with van der Waals surface area (Å²) in [6, 6.07) is 24.2. The summed E-state index contributed by atoms with van der Waals surface area (Å²) < 4.78 is 27.3. The maximum atomic E-state index is 14.1. The smallest absolute Gasteiger partial charge is 0.184 e. The molecule has 0 amide bonds. The van der Waals surface area contributed by atoms with Gasteiger partial charge in [0.25, 0.3) is 0 Å². The molecule has 128 valence electrons. The number of nitrogens with zero attached hydrogens (tertiary/aromatic N) is 1. The van der Waals surface area contributed by atoms with Crippen LogP contribution in [0.4, 0.5) is 4.39 Å². The zero-order valence-electron chi connectivity index (χ0n) is 13.7. The summed E-state index contributed by atoms with van der Waals surface area (Å²) in [7, 11) is -3.59. The summed E-state index contributed by atoms with van der Waals surface area (Å²) >= 11 is 0. The van der Waals surface area contributed by atoms with Crippen LogP contribution in [0.5, 0.6) is 0 Å². The summed E-state index contributed by atoms with van der Waals surface area (Å²) in [6.45, 7) is 0. The van der Waals surface area contributed by atoms with Gasteiger partial charge in [-0.25, -0.2) is 4.39 Å². The number of hydrogen-bond donors (Lipinski definition) is 1. The quantitative estimate of drug-likeness (QED) is 0.419. The van der Waals surface area contributed by atoms with Gasteiger partial charge in [0.15, 0.2) is 7.14 Å². The molecule has 0 aliphatic heterocycles. The van der Waals surface area contributed by atoms with Crippen LogP contribution < -0.4 is 10.6 Å². The van der Waals surface area contributed by atoms with Crippen molar-refractivity contribution < 1.29 is 14.1 Å². The third kappa shape index (κ3) is 3.18. The van der Waals surface area contributed by atoms with Crippen LogP contribution in [0.1, 0.15) is 5.56 Å². The minimum absolute atomic E-state index is 0.232. The van der Waals surface area contributed by atoms with Gasteiger partial charge in [-0.15, -0.1) is 0 Å². The molecule has 0 saturated heterocycles. The monoisotopic (exact) mass is 363 g/mol. The fourth-order valence-corrected chi connectivity index (χ4v) is 5.27. The molecule has 0 atom stereocenters. The second-order valence-electron chi connectivity index (χ2n) is 5.60. The number of aliphatic hydroxyl groups excluding tert-OH is 1. The molecule has 0 unspecified atom stereocenters. The number of allylic oxidation sites excluding steroid dienone is 1. The molecule has 0 aliphatic carbocycles. The number of hydrogen-bond acceptors (Lipinski definition) is 3. The Hall–Kier alpha value is -3.15. The Kier molecular flexibility index (Phi) is 5.02. The third-order valence-electron chi connectivity index (χ3n) is 4.00. The minimum atomic E-state index is -3.59. The molecule has 0 aliphatic rings. The molecule has 0 radical (unpaired) electrons. The fourth-order valence-electron chi connectivity index (χ4n) is 2.70. The lowest BCUT2D eigenvalue weighted by Crippen LogP contribution is -2.17. The van der Waals surface area contributed by atoms with Crippen LogP contribution in [-0.4, -0.2) is 5.11 Å². The van der Waals surface area contributed by atoms with Gasteiger partial charge in [0.2, 0.25) is 0 Å². The summed E-state index contributed by atoms with van der Waals surface area (Å²) in [5.41, 5.74) is 0.232. The number of nitriles is 1. The van der Waals surface area contributed by atoms with Gasteiger partial charge in [0, 0.05) is 16.2 Å². The highest BCUT2D eigenvalue weighted by molar-refractivity contribution is 7.82. The molecule has 3 rings (SSSR count). The average Bonchev–Trinajstić information content (AvgIpc) is 2.70. The highest BCUT2D eigenvalue weighted by Crippen LogP contribution is 2.53. The van der Waals surface area contributed by atoms with E-state index in [1.165, 1.54) is 24.3 Å². The second kappa shape index (κ2) is 7.39. The largest absolute Gasteiger partial charge is 0.506 e. The van der Waals surface area contributed by atoms with Gasteiger partial charge in [0.05, 0.1) is 0 Å². The standard InChI is InChI=1S/C21H15FNO2P/c22-17-13-11-16(12-14-17)21(24)20(15-23)26(25,18-7-3-1-4-8-18)19-9-5-2-6-10-19/h1-14,24H. The topological polar surface area (TPSA) is 61.1 Å². The van der Waals surface area contributed by atoms with Crippen molar-refractivity contribution >= 4 is 23.5 Å². The van der Waals surface area contributed by atoms with Gasteiger partial charge in [0.1, 0.15) is 23.0 Å². The van der Waals surface area contributed by atoms with E-state index < -0.39 is 18.7 Å². The third-order valence-corrected chi connectivity index (χ3v) is 6.99. The van der Waals surface area contributed by atoms with Crippen LogP contribution in [0.3, 0.4) is 0 Å². The van der Waals surface area contributed by atoms with Crippen molar-refractivity contribution in [3.8, 4) is 6.07 Å². The van der Waals surface area contributed by atoms with E-state index in [9.17, 15) is 19.3 Å². The van der Waals surface area contributed by atoms with Crippen molar-refractivity contribution in [3.05, 3.63) is 102 Å². The Morgan fingerprint density at radius 1 is 0.846 bits per heavy atom. The highest BCUT2D eigenvalue weighted by Gasteiger charge is 2.35. The van der Waals surface area contributed by atoms with Crippen molar-refractivity contribution in [1.29, 1.82) is 5.26 Å². The van der Waals surface area contributed by atoms with Crippen LogP contribution in [-0.2, 0) is 4.57 Å². The van der Waals surface area contributed by atoms with Crippen molar-refractivity contribution in [2.24, 2.45) is 0 Å². The molecule has 0 heterocycles. The average molecular weight is 363 g/mol. The van der Waals surface area contributed by atoms with E-state index in [4.69, 9.17) is 0 Å². The highest BCUT2D eigenvalue weighted by atomic mass is 31.2. The van der Waals surface area contributed by atoms with Crippen LogP contribution in [0.25, 0.3) is 5.76 Å². The van der Waals surface area contributed by atoms with Gasteiger partial charge in [-0.1, -0.05) is 60.7 Å². The van der Waals surface area contributed by atoms with Gasteiger partial charge in [-0.3, -0.25) is 0 Å². The Labute approximate surface area is 151 Å². The van der Waals surface area contributed by atoms with Crippen molar-refractivity contribution in [2.45, 2.75) is 0 Å². The summed E-state index contributed by atoms with van der Waals surface area (Å²) in [4.78, 5) is 0. The van der Waals surface area contributed by atoms with E-state index in [-0.39, 0.29) is 10.9 Å². The molecule has 0 fully saturated rings. The zero-order chi connectivity index (χ0) is 18.6. The van der Waals surface area contributed by atoms with E-state index in [1.807, 2.05) is 6.07 Å². The lowest BCUT2D eigenvalue weighted by molar-refractivity contribution is 0.509. The molecule has 26 heavy (non-hydrogen) atoms. The van der Waals surface area contributed by atoms with Crippen LogP contribution in [0, 0.1) is 17.1 Å². The SMILES string of the molecule is N#CC(=C(O)c1ccc(F)cc1)P(=O)(c1ccccc1)c1ccccc1. The maximum Gasteiger partial charge on any atom is 0.184 e. The zero-order valence-corrected chi connectivity index (χ0v) is 14.6. The Bertz CT molecular complexity index is 980. The lowest BCUT2D eigenvalue weighted by atomic mass is 10.2. The molecule has 0 spiro atoms. The molecule has 0 bridgehead atoms. The number of rotatable bonds is 4. The molecule has 1 N–H and O–H groups in total. The van der Waals surface area contributed by atoms with E-state index >= 15 is 0 Å². The lowest BCUT2D eigenvalue weighted by Gasteiger charge is -2.19. The summed E-state index contributed by atoms with van der Waals surface area (Å²) in [5, 5.41) is 21.1. The first-order valence-electron chi connectivity index (χ1n) is 7.88. The summed E-state index contributed by atoms with van der Waals surface area (Å²) in [6.07, 6.45) is 0. The van der Waals surface area contributed by atoms with Gasteiger partial charge in [-0.05, 0) is 24.3 Å². The first kappa shape index (κ1) is 17.7. The van der Waals surface area contributed by atoms with Crippen LogP contribution in [0.2, 0.25) is 0 Å². The molecule has 3 nitrogen and oxygen atoms in total. The number of aliphatic hydroxyl groups is 1. The van der Waals surface area contributed by atoms with E-state index in [0.29, 0.717) is 10.6 Å². The van der Waals surface area contributed by atoms with Gasteiger partial charge in [-0.2, -0.15) is 5.26 Å². The Balaban J connectivity index is 2.30. The molecule has 0 saturated carbocycles. The molecule has 5 heteroatoms. The van der Waals surface area contributed by atoms with Gasteiger partial charge >= 0.3 is 0 Å². The second-order valence-corrected chi connectivity index (χ2v) is 8.29. The fraction of sp³-hybridized carbons (Fsp3) is 0. The minimum Gasteiger partial charge on any atom is -0.506 e. The number of benzene rings is 3. The molecule has 3 aromatic rings. The first-order chi connectivity index (χ1) is 12.6. The molecular weight excluding hydrogens is 348 g/mol. The van der Waals surface area contributed by atoms with Crippen LogP contribution >= 0.6 is 7.14 Å². The van der Waals surface area contributed by atoms with E-state index in [1.54, 1.807) is 60.7 Å². The predicted octanol–water partition coefficient (Wildman–Crippen LogP) is 4.59. The van der Waals surface area contributed by atoms with E-state index in [2.05, 4.69) is 0 Å². The number of halogens is 1. The molecule has 0 aromatic heterocycles. The normalized spacial score (nSPS) is 12.2. The molecule has 3 aromatic carbocycles.